The molecule has 0 radical (unpaired) electrons. The predicted molar refractivity (Wildman–Crippen MR) is 104 cm³/mol. The van der Waals surface area contributed by atoms with Gasteiger partial charge in [-0.05, 0) is 44.0 Å². The summed E-state index contributed by atoms with van der Waals surface area (Å²) in [6.45, 7) is 3.71. The number of aryl methyl sites for hydroxylation is 1. The second-order valence-electron chi connectivity index (χ2n) is 5.84. The molecule has 1 aliphatic heterocycles. The summed E-state index contributed by atoms with van der Waals surface area (Å²) < 4.78 is 13.0. The molecule has 25 heavy (non-hydrogen) atoms. The molecule has 138 valence electrons. The van der Waals surface area contributed by atoms with Crippen LogP contribution in [-0.4, -0.2) is 30.0 Å². The monoisotopic (exact) mass is 405 g/mol. The molecule has 1 fully saturated rings. The Hall–Kier alpha value is -1.21. The van der Waals surface area contributed by atoms with Crippen LogP contribution in [0, 0.1) is 12.7 Å². The molecule has 2 heterocycles. The van der Waals surface area contributed by atoms with E-state index in [0.29, 0.717) is 11.3 Å². The van der Waals surface area contributed by atoms with E-state index in [1.807, 2.05) is 6.92 Å². The number of thiazole rings is 1. The average molecular weight is 406 g/mol. The Kier molecular flexibility index (Phi) is 8.79. The number of aromatic nitrogens is 1. The largest absolute Gasteiger partial charge is 0.347 e. The van der Waals surface area contributed by atoms with Crippen molar-refractivity contribution in [3.05, 3.63) is 51.2 Å². The first-order chi connectivity index (χ1) is 11.1. The van der Waals surface area contributed by atoms with Gasteiger partial charge in [0.1, 0.15) is 10.7 Å². The SMILES string of the molecule is Cc1nc(Cc2ccc(F)cc2)sc1C(=O)N[C@H]1CCCNC1.Cl.Cl. The molecule has 0 unspecified atom stereocenters. The standard InChI is InChI=1S/C17H20FN3OS.2ClH/c1-11-16(17(22)21-14-3-2-8-19-10-14)23-15(20-11)9-12-4-6-13(18)7-5-12;;/h4-7,14,19H,2-3,8-10H2,1H3,(H,21,22);2*1H/t14-;;/m0../s1. The number of piperidine rings is 1. The Balaban J connectivity index is 0.00000156. The van der Waals surface area contributed by atoms with E-state index in [-0.39, 0.29) is 42.6 Å². The number of carbonyl (C=O) groups excluding carboxylic acids is 1. The topological polar surface area (TPSA) is 54.0 Å². The maximum atomic E-state index is 13.0. The van der Waals surface area contributed by atoms with Gasteiger partial charge in [-0.1, -0.05) is 12.1 Å². The van der Waals surface area contributed by atoms with E-state index in [1.54, 1.807) is 12.1 Å². The first-order valence-corrected chi connectivity index (χ1v) is 8.66. The fourth-order valence-electron chi connectivity index (χ4n) is 2.74. The second-order valence-corrected chi connectivity index (χ2v) is 6.93. The summed E-state index contributed by atoms with van der Waals surface area (Å²) >= 11 is 1.42. The minimum absolute atomic E-state index is 0. The molecule has 1 amide bonds. The van der Waals surface area contributed by atoms with E-state index in [1.165, 1.54) is 23.5 Å². The molecule has 1 aromatic heterocycles. The maximum Gasteiger partial charge on any atom is 0.263 e. The molecule has 2 N–H and O–H groups in total. The summed E-state index contributed by atoms with van der Waals surface area (Å²) in [6, 6.07) is 6.58. The van der Waals surface area contributed by atoms with Crippen LogP contribution in [0.25, 0.3) is 0 Å². The van der Waals surface area contributed by atoms with Gasteiger partial charge in [-0.15, -0.1) is 36.2 Å². The molecule has 1 saturated heterocycles. The molecule has 2 aromatic rings. The molecular weight excluding hydrogens is 384 g/mol. The lowest BCUT2D eigenvalue weighted by molar-refractivity contribution is 0.0934. The van der Waals surface area contributed by atoms with Crippen LogP contribution < -0.4 is 10.6 Å². The minimum Gasteiger partial charge on any atom is -0.347 e. The van der Waals surface area contributed by atoms with Gasteiger partial charge in [-0.2, -0.15) is 0 Å². The molecule has 0 aliphatic carbocycles. The van der Waals surface area contributed by atoms with Crippen LogP contribution in [0.2, 0.25) is 0 Å². The zero-order valence-electron chi connectivity index (χ0n) is 13.9. The van der Waals surface area contributed by atoms with Crippen LogP contribution in [0.5, 0.6) is 0 Å². The zero-order chi connectivity index (χ0) is 16.2. The summed E-state index contributed by atoms with van der Waals surface area (Å²) in [5.41, 5.74) is 1.75. The summed E-state index contributed by atoms with van der Waals surface area (Å²) in [5, 5.41) is 7.25. The fraction of sp³-hybridized carbons (Fsp3) is 0.412. The highest BCUT2D eigenvalue weighted by Crippen LogP contribution is 2.21. The number of nitrogens with zero attached hydrogens (tertiary/aromatic N) is 1. The van der Waals surface area contributed by atoms with Gasteiger partial charge in [0.2, 0.25) is 0 Å². The highest BCUT2D eigenvalue weighted by atomic mass is 35.5. The molecule has 1 atom stereocenters. The van der Waals surface area contributed by atoms with Crippen LogP contribution >= 0.6 is 36.2 Å². The fourth-order valence-corrected chi connectivity index (χ4v) is 3.74. The number of amides is 1. The summed E-state index contributed by atoms with van der Waals surface area (Å²) in [4.78, 5) is 17.6. The van der Waals surface area contributed by atoms with E-state index in [4.69, 9.17) is 0 Å². The third-order valence-corrected chi connectivity index (χ3v) is 5.10. The van der Waals surface area contributed by atoms with E-state index in [0.717, 1.165) is 42.2 Å². The van der Waals surface area contributed by atoms with Crippen molar-refractivity contribution in [2.24, 2.45) is 0 Å². The molecule has 4 nitrogen and oxygen atoms in total. The Morgan fingerprint density at radius 2 is 2.08 bits per heavy atom. The van der Waals surface area contributed by atoms with E-state index in [2.05, 4.69) is 15.6 Å². The molecule has 0 bridgehead atoms. The van der Waals surface area contributed by atoms with E-state index in [9.17, 15) is 9.18 Å². The van der Waals surface area contributed by atoms with Crippen molar-refractivity contribution in [1.29, 1.82) is 0 Å². The van der Waals surface area contributed by atoms with Crippen LogP contribution in [0.4, 0.5) is 4.39 Å². The minimum atomic E-state index is -0.245. The second kappa shape index (κ2) is 10.1. The molecule has 0 spiro atoms. The van der Waals surface area contributed by atoms with Crippen molar-refractivity contribution in [2.75, 3.05) is 13.1 Å². The van der Waals surface area contributed by atoms with Crippen LogP contribution in [-0.2, 0) is 6.42 Å². The van der Waals surface area contributed by atoms with Gasteiger partial charge in [0, 0.05) is 19.0 Å². The average Bonchev–Trinajstić information content (AvgIpc) is 2.91. The molecule has 1 aliphatic rings. The molecule has 0 saturated carbocycles. The Bertz CT molecular complexity index is 688. The smallest absolute Gasteiger partial charge is 0.263 e. The van der Waals surface area contributed by atoms with E-state index < -0.39 is 0 Å². The number of rotatable bonds is 4. The lowest BCUT2D eigenvalue weighted by Crippen LogP contribution is -2.45. The molecular formula is C17H22Cl2FN3OS. The third-order valence-electron chi connectivity index (χ3n) is 3.95. The maximum absolute atomic E-state index is 13.0. The van der Waals surface area contributed by atoms with Gasteiger partial charge in [-0.3, -0.25) is 4.79 Å². The van der Waals surface area contributed by atoms with Crippen molar-refractivity contribution in [3.63, 3.8) is 0 Å². The van der Waals surface area contributed by atoms with Gasteiger partial charge in [0.15, 0.2) is 0 Å². The number of carbonyl (C=O) groups is 1. The zero-order valence-corrected chi connectivity index (χ0v) is 16.3. The Labute approximate surface area is 163 Å². The number of benzene rings is 1. The number of halogens is 3. The predicted octanol–water partition coefficient (Wildman–Crippen LogP) is 3.51. The highest BCUT2D eigenvalue weighted by molar-refractivity contribution is 7.13. The van der Waals surface area contributed by atoms with Gasteiger partial charge < -0.3 is 10.6 Å². The molecule has 1 aromatic carbocycles. The van der Waals surface area contributed by atoms with Crippen LogP contribution in [0.3, 0.4) is 0 Å². The van der Waals surface area contributed by atoms with Crippen molar-refractivity contribution < 1.29 is 9.18 Å². The van der Waals surface area contributed by atoms with Gasteiger partial charge in [0.25, 0.3) is 5.91 Å². The van der Waals surface area contributed by atoms with Gasteiger partial charge >= 0.3 is 0 Å². The van der Waals surface area contributed by atoms with Crippen molar-refractivity contribution in [2.45, 2.75) is 32.2 Å². The normalized spacial score (nSPS) is 16.5. The lowest BCUT2D eigenvalue weighted by atomic mass is 10.1. The van der Waals surface area contributed by atoms with Crippen molar-refractivity contribution in [3.8, 4) is 0 Å². The quantitative estimate of drug-likeness (QED) is 0.817. The van der Waals surface area contributed by atoms with Crippen molar-refractivity contribution >= 4 is 42.1 Å². The lowest BCUT2D eigenvalue weighted by Gasteiger charge is -2.23. The van der Waals surface area contributed by atoms with Crippen LogP contribution in [0.1, 0.15) is 38.8 Å². The van der Waals surface area contributed by atoms with E-state index >= 15 is 0 Å². The number of hydrogen-bond donors (Lipinski definition) is 2. The molecule has 8 heteroatoms. The number of hydrogen-bond acceptors (Lipinski definition) is 4. The first-order valence-electron chi connectivity index (χ1n) is 7.84. The summed E-state index contributed by atoms with van der Waals surface area (Å²) in [7, 11) is 0. The Morgan fingerprint density at radius 3 is 2.72 bits per heavy atom. The van der Waals surface area contributed by atoms with Crippen molar-refractivity contribution in [1.82, 2.24) is 15.6 Å². The number of nitrogens with one attached hydrogen (secondary N) is 2. The highest BCUT2D eigenvalue weighted by Gasteiger charge is 2.20. The summed E-state index contributed by atoms with van der Waals surface area (Å²) in [6.07, 6.45) is 2.71. The Morgan fingerprint density at radius 1 is 1.36 bits per heavy atom. The van der Waals surface area contributed by atoms with Gasteiger partial charge in [0.05, 0.1) is 10.7 Å². The molecule has 3 rings (SSSR count). The third kappa shape index (κ3) is 5.92. The first kappa shape index (κ1) is 21.8. The van der Waals surface area contributed by atoms with Gasteiger partial charge in [-0.25, -0.2) is 9.37 Å². The van der Waals surface area contributed by atoms with Crippen LogP contribution in [0.15, 0.2) is 24.3 Å². The summed E-state index contributed by atoms with van der Waals surface area (Å²) in [5.74, 6) is -0.288.